The molecule has 78 valence electrons. The zero-order chi connectivity index (χ0) is 11.0. The number of oxazole rings is 1. The molecular formula is C13H10N2O. The highest BCUT2D eigenvalue weighted by Gasteiger charge is 2.07. The molecule has 0 saturated heterocycles. The molecule has 0 unspecified atom stereocenters. The van der Waals surface area contributed by atoms with E-state index in [0.29, 0.717) is 5.89 Å². The van der Waals surface area contributed by atoms with Gasteiger partial charge in [-0.1, -0.05) is 18.2 Å². The van der Waals surface area contributed by atoms with Crippen LogP contribution in [0.2, 0.25) is 0 Å². The second kappa shape index (κ2) is 3.45. The van der Waals surface area contributed by atoms with Crippen molar-refractivity contribution in [3.63, 3.8) is 0 Å². The van der Waals surface area contributed by atoms with Crippen molar-refractivity contribution in [2.75, 3.05) is 0 Å². The van der Waals surface area contributed by atoms with Crippen molar-refractivity contribution in [1.29, 1.82) is 0 Å². The number of benzene rings is 1. The Morgan fingerprint density at radius 1 is 1.19 bits per heavy atom. The molecule has 0 N–H and O–H groups in total. The third kappa shape index (κ3) is 1.37. The Hall–Kier alpha value is -2.16. The van der Waals surface area contributed by atoms with Gasteiger partial charge < -0.3 is 4.42 Å². The molecule has 3 heteroatoms. The number of rotatable bonds is 1. The van der Waals surface area contributed by atoms with E-state index < -0.39 is 0 Å². The van der Waals surface area contributed by atoms with Crippen LogP contribution in [0.15, 0.2) is 47.2 Å². The lowest BCUT2D eigenvalue weighted by Crippen LogP contribution is -1.88. The van der Waals surface area contributed by atoms with E-state index in [2.05, 4.69) is 23.0 Å². The van der Waals surface area contributed by atoms with Crippen molar-refractivity contribution in [3.8, 4) is 11.6 Å². The monoisotopic (exact) mass is 210 g/mol. The molecule has 0 aliphatic carbocycles. The fourth-order valence-electron chi connectivity index (χ4n) is 1.81. The second-order valence-electron chi connectivity index (χ2n) is 3.68. The van der Waals surface area contributed by atoms with Crippen molar-refractivity contribution < 1.29 is 4.42 Å². The summed E-state index contributed by atoms with van der Waals surface area (Å²) in [5, 5.41) is 1.16. The zero-order valence-corrected chi connectivity index (χ0v) is 8.84. The van der Waals surface area contributed by atoms with Gasteiger partial charge in [-0.2, -0.15) is 0 Å². The average molecular weight is 210 g/mol. The van der Waals surface area contributed by atoms with Crippen LogP contribution in [0, 0.1) is 6.92 Å². The number of hydrogen-bond donors (Lipinski definition) is 0. The SMILES string of the molecule is Cc1cc(-c2ncco2)nc2ccccc12. The van der Waals surface area contributed by atoms with E-state index in [1.165, 1.54) is 5.56 Å². The molecular weight excluding hydrogens is 200 g/mol. The zero-order valence-electron chi connectivity index (χ0n) is 8.84. The summed E-state index contributed by atoms with van der Waals surface area (Å²) in [7, 11) is 0. The lowest BCUT2D eigenvalue weighted by molar-refractivity contribution is 0.572. The first-order valence-electron chi connectivity index (χ1n) is 5.11. The highest BCUT2D eigenvalue weighted by Crippen LogP contribution is 2.22. The van der Waals surface area contributed by atoms with Crippen LogP contribution in [0.1, 0.15) is 5.56 Å². The van der Waals surface area contributed by atoms with E-state index >= 15 is 0 Å². The van der Waals surface area contributed by atoms with Crippen LogP contribution in [0.3, 0.4) is 0 Å². The van der Waals surface area contributed by atoms with Gasteiger partial charge in [0.15, 0.2) is 0 Å². The second-order valence-corrected chi connectivity index (χ2v) is 3.68. The minimum absolute atomic E-state index is 0.564. The summed E-state index contributed by atoms with van der Waals surface area (Å²) in [5.41, 5.74) is 2.93. The Balaban J connectivity index is 2.29. The Bertz CT molecular complexity index is 629. The van der Waals surface area contributed by atoms with Crippen LogP contribution in [0.4, 0.5) is 0 Å². The van der Waals surface area contributed by atoms with Gasteiger partial charge >= 0.3 is 0 Å². The number of hydrogen-bond acceptors (Lipinski definition) is 3. The molecule has 2 heterocycles. The van der Waals surface area contributed by atoms with Gasteiger partial charge in [0.2, 0.25) is 5.89 Å². The molecule has 0 atom stereocenters. The largest absolute Gasteiger partial charge is 0.443 e. The fraction of sp³-hybridized carbons (Fsp3) is 0.0769. The van der Waals surface area contributed by atoms with E-state index in [1.807, 2.05) is 24.3 Å². The molecule has 0 spiro atoms. The third-order valence-electron chi connectivity index (χ3n) is 2.57. The predicted octanol–water partition coefficient (Wildman–Crippen LogP) is 3.20. The number of para-hydroxylation sites is 1. The molecule has 0 aliphatic rings. The van der Waals surface area contributed by atoms with E-state index in [4.69, 9.17) is 4.42 Å². The minimum Gasteiger partial charge on any atom is -0.443 e. The summed E-state index contributed by atoms with van der Waals surface area (Å²) in [5.74, 6) is 0.564. The quantitative estimate of drug-likeness (QED) is 0.619. The highest BCUT2D eigenvalue weighted by atomic mass is 16.3. The summed E-state index contributed by atoms with van der Waals surface area (Å²) in [6.07, 6.45) is 3.18. The Morgan fingerprint density at radius 3 is 2.88 bits per heavy atom. The summed E-state index contributed by atoms with van der Waals surface area (Å²) in [6, 6.07) is 10.1. The van der Waals surface area contributed by atoms with E-state index in [9.17, 15) is 0 Å². The first-order valence-corrected chi connectivity index (χ1v) is 5.11. The van der Waals surface area contributed by atoms with Crippen LogP contribution < -0.4 is 0 Å². The third-order valence-corrected chi connectivity index (χ3v) is 2.57. The van der Waals surface area contributed by atoms with Crippen molar-refractivity contribution in [2.24, 2.45) is 0 Å². The van der Waals surface area contributed by atoms with Crippen LogP contribution in [-0.4, -0.2) is 9.97 Å². The maximum atomic E-state index is 5.25. The standard InChI is InChI=1S/C13H10N2O/c1-9-8-12(13-14-6-7-16-13)15-11-5-3-2-4-10(9)11/h2-8H,1H3. The molecule has 3 aromatic rings. The lowest BCUT2D eigenvalue weighted by Gasteiger charge is -2.03. The number of fused-ring (bicyclic) bond motifs is 1. The van der Waals surface area contributed by atoms with Gasteiger partial charge in [0.05, 0.1) is 11.7 Å². The molecule has 16 heavy (non-hydrogen) atoms. The maximum Gasteiger partial charge on any atom is 0.245 e. The molecule has 0 fully saturated rings. The van der Waals surface area contributed by atoms with Crippen LogP contribution in [-0.2, 0) is 0 Å². The highest BCUT2D eigenvalue weighted by molar-refractivity contribution is 5.84. The van der Waals surface area contributed by atoms with E-state index in [-0.39, 0.29) is 0 Å². The van der Waals surface area contributed by atoms with Gasteiger partial charge in [-0.15, -0.1) is 0 Å². The van der Waals surface area contributed by atoms with Gasteiger partial charge in [0.25, 0.3) is 0 Å². The van der Waals surface area contributed by atoms with E-state index in [0.717, 1.165) is 16.6 Å². The van der Waals surface area contributed by atoms with E-state index in [1.54, 1.807) is 12.5 Å². The Morgan fingerprint density at radius 2 is 2.06 bits per heavy atom. The number of nitrogens with zero attached hydrogens (tertiary/aromatic N) is 2. The first-order chi connectivity index (χ1) is 7.84. The summed E-state index contributed by atoms with van der Waals surface area (Å²) in [6.45, 7) is 2.07. The van der Waals surface area contributed by atoms with Gasteiger partial charge in [0.1, 0.15) is 12.0 Å². The maximum absolute atomic E-state index is 5.25. The van der Waals surface area contributed by atoms with Crippen molar-refractivity contribution in [3.05, 3.63) is 48.4 Å². The van der Waals surface area contributed by atoms with Crippen molar-refractivity contribution in [2.45, 2.75) is 6.92 Å². The minimum atomic E-state index is 0.564. The predicted molar refractivity (Wildman–Crippen MR) is 62.0 cm³/mol. The normalized spacial score (nSPS) is 10.8. The first kappa shape index (κ1) is 9.09. The summed E-state index contributed by atoms with van der Waals surface area (Å²) in [4.78, 5) is 8.63. The average Bonchev–Trinajstić information content (AvgIpc) is 2.82. The number of aryl methyl sites for hydroxylation is 1. The van der Waals surface area contributed by atoms with Gasteiger partial charge in [0, 0.05) is 5.39 Å². The van der Waals surface area contributed by atoms with Crippen LogP contribution in [0.25, 0.3) is 22.5 Å². The number of pyridine rings is 1. The molecule has 0 radical (unpaired) electrons. The van der Waals surface area contributed by atoms with Gasteiger partial charge in [-0.3, -0.25) is 0 Å². The molecule has 3 rings (SSSR count). The Kier molecular flexibility index (Phi) is 1.96. The fourth-order valence-corrected chi connectivity index (χ4v) is 1.81. The Labute approximate surface area is 92.8 Å². The van der Waals surface area contributed by atoms with Crippen molar-refractivity contribution in [1.82, 2.24) is 9.97 Å². The summed E-state index contributed by atoms with van der Waals surface area (Å²) < 4.78 is 5.25. The topological polar surface area (TPSA) is 38.9 Å². The molecule has 0 saturated carbocycles. The molecule has 2 aromatic heterocycles. The molecule has 0 aliphatic heterocycles. The molecule has 0 bridgehead atoms. The summed E-state index contributed by atoms with van der Waals surface area (Å²) >= 11 is 0. The molecule has 0 amide bonds. The molecule has 3 nitrogen and oxygen atoms in total. The molecule has 1 aromatic carbocycles. The van der Waals surface area contributed by atoms with Crippen LogP contribution in [0.5, 0.6) is 0 Å². The number of aromatic nitrogens is 2. The smallest absolute Gasteiger partial charge is 0.245 e. The van der Waals surface area contributed by atoms with Crippen LogP contribution >= 0.6 is 0 Å². The lowest BCUT2D eigenvalue weighted by atomic mass is 10.1. The van der Waals surface area contributed by atoms with Gasteiger partial charge in [-0.05, 0) is 24.6 Å². The van der Waals surface area contributed by atoms with Gasteiger partial charge in [-0.25, -0.2) is 9.97 Å². The van der Waals surface area contributed by atoms with Crippen molar-refractivity contribution >= 4 is 10.9 Å².